The van der Waals surface area contributed by atoms with Crippen molar-refractivity contribution in [1.82, 2.24) is 10.2 Å². The van der Waals surface area contributed by atoms with Crippen LogP contribution in [0.5, 0.6) is 0 Å². The molecule has 1 N–H and O–H groups in total. The predicted octanol–water partition coefficient (Wildman–Crippen LogP) is 1.23. The van der Waals surface area contributed by atoms with Crippen LogP contribution in [-0.4, -0.2) is 30.1 Å². The molecule has 1 aromatic carbocycles. The second kappa shape index (κ2) is 3.37. The third-order valence-corrected chi connectivity index (χ3v) is 3.40. The van der Waals surface area contributed by atoms with Crippen molar-refractivity contribution in [3.63, 3.8) is 0 Å². The van der Waals surface area contributed by atoms with E-state index in [1.807, 2.05) is 0 Å². The molecular weight excluding hydrogens is 172 g/mol. The Balaban J connectivity index is 1.69. The lowest BCUT2D eigenvalue weighted by molar-refractivity contribution is 0.218. The van der Waals surface area contributed by atoms with Gasteiger partial charge < -0.3 is 5.32 Å². The molecule has 2 fully saturated rings. The lowest BCUT2D eigenvalue weighted by Crippen LogP contribution is -2.42. The molecule has 0 aliphatic carbocycles. The average molecular weight is 188 g/mol. The molecule has 0 radical (unpaired) electrons. The molecule has 0 saturated carbocycles. The summed E-state index contributed by atoms with van der Waals surface area (Å²) in [5.41, 5.74) is 1.44. The van der Waals surface area contributed by atoms with E-state index in [1.165, 1.54) is 25.1 Å². The maximum Gasteiger partial charge on any atom is 0.0240 e. The second-order valence-corrected chi connectivity index (χ2v) is 4.41. The van der Waals surface area contributed by atoms with Gasteiger partial charge in [0.25, 0.3) is 0 Å². The van der Waals surface area contributed by atoms with E-state index in [0.29, 0.717) is 0 Å². The Labute approximate surface area is 84.9 Å². The first kappa shape index (κ1) is 8.45. The number of benzene rings is 1. The molecule has 2 bridgehead atoms. The molecule has 0 unspecified atom stereocenters. The Hall–Kier alpha value is -0.860. The number of hydrogen-bond acceptors (Lipinski definition) is 2. The van der Waals surface area contributed by atoms with Crippen molar-refractivity contribution >= 4 is 0 Å². The number of piperazine rings is 1. The Kier molecular flexibility index (Phi) is 2.03. The van der Waals surface area contributed by atoms with E-state index in [0.717, 1.165) is 18.6 Å². The van der Waals surface area contributed by atoms with Gasteiger partial charge in [-0.3, -0.25) is 4.90 Å². The fraction of sp³-hybridized carbons (Fsp3) is 0.500. The number of nitrogens with one attached hydrogen (secondary N) is 1. The van der Waals surface area contributed by atoms with Crippen molar-refractivity contribution in [3.05, 3.63) is 35.9 Å². The normalized spacial score (nSPS) is 31.1. The van der Waals surface area contributed by atoms with Crippen molar-refractivity contribution < 1.29 is 0 Å². The molecule has 3 rings (SSSR count). The van der Waals surface area contributed by atoms with Gasteiger partial charge in [0.05, 0.1) is 0 Å². The van der Waals surface area contributed by atoms with Gasteiger partial charge in [-0.15, -0.1) is 0 Å². The first-order valence-electron chi connectivity index (χ1n) is 5.43. The topological polar surface area (TPSA) is 15.3 Å². The number of likely N-dealkylation sites (tertiary alicyclic amines) is 1. The first-order valence-corrected chi connectivity index (χ1v) is 5.43. The monoisotopic (exact) mass is 188 g/mol. The molecule has 2 nitrogen and oxygen atoms in total. The Bertz CT molecular complexity index is 309. The molecule has 2 aliphatic heterocycles. The molecule has 0 spiro atoms. The second-order valence-electron chi connectivity index (χ2n) is 4.41. The van der Waals surface area contributed by atoms with Crippen LogP contribution in [0, 0.1) is 0 Å². The zero-order chi connectivity index (χ0) is 9.38. The van der Waals surface area contributed by atoms with E-state index in [4.69, 9.17) is 0 Å². The maximum absolute atomic E-state index is 3.53. The van der Waals surface area contributed by atoms with Crippen LogP contribution in [0.4, 0.5) is 0 Å². The fourth-order valence-corrected chi connectivity index (χ4v) is 2.66. The summed E-state index contributed by atoms with van der Waals surface area (Å²) in [4.78, 5) is 2.61. The van der Waals surface area contributed by atoms with Crippen LogP contribution in [0.1, 0.15) is 12.0 Å². The zero-order valence-corrected chi connectivity index (χ0v) is 8.32. The Morgan fingerprint density at radius 2 is 2.14 bits per heavy atom. The summed E-state index contributed by atoms with van der Waals surface area (Å²) in [5.74, 6) is 0. The lowest BCUT2D eigenvalue weighted by Gasteiger charge is -2.27. The van der Waals surface area contributed by atoms with Crippen LogP contribution in [-0.2, 0) is 6.54 Å². The first-order chi connectivity index (χ1) is 6.92. The minimum atomic E-state index is 0.767. The van der Waals surface area contributed by atoms with Gasteiger partial charge in [-0.1, -0.05) is 30.3 Å². The van der Waals surface area contributed by atoms with Gasteiger partial charge in [0.1, 0.15) is 0 Å². The molecule has 2 aliphatic rings. The minimum absolute atomic E-state index is 0.767. The van der Waals surface area contributed by atoms with Gasteiger partial charge >= 0.3 is 0 Å². The SMILES string of the molecule is c1ccc(CN2C[C@@H]3C[C@H]2CN3)cc1. The van der Waals surface area contributed by atoms with Crippen molar-refractivity contribution in [1.29, 1.82) is 0 Å². The predicted molar refractivity (Wildman–Crippen MR) is 57.0 cm³/mol. The standard InChI is InChI=1S/C12H16N2/c1-2-4-10(5-3-1)8-14-9-11-6-12(14)7-13-11/h1-5,11-13H,6-9H2/t11-,12-/m0/s1. The van der Waals surface area contributed by atoms with Crippen LogP contribution in [0.2, 0.25) is 0 Å². The summed E-state index contributed by atoms with van der Waals surface area (Å²) in [6.07, 6.45) is 1.35. The molecule has 74 valence electrons. The molecule has 0 amide bonds. The van der Waals surface area contributed by atoms with E-state index in [9.17, 15) is 0 Å². The van der Waals surface area contributed by atoms with Crippen LogP contribution >= 0.6 is 0 Å². The summed E-state index contributed by atoms with van der Waals surface area (Å²) >= 11 is 0. The van der Waals surface area contributed by atoms with Crippen LogP contribution in [0.15, 0.2) is 30.3 Å². The average Bonchev–Trinajstić information content (AvgIpc) is 2.81. The third kappa shape index (κ3) is 1.45. The smallest absolute Gasteiger partial charge is 0.0240 e. The van der Waals surface area contributed by atoms with Crippen LogP contribution in [0.25, 0.3) is 0 Å². The van der Waals surface area contributed by atoms with Gasteiger partial charge in [0, 0.05) is 31.7 Å². The van der Waals surface area contributed by atoms with E-state index in [1.54, 1.807) is 0 Å². The Morgan fingerprint density at radius 3 is 2.79 bits per heavy atom. The quantitative estimate of drug-likeness (QED) is 0.751. The highest BCUT2D eigenvalue weighted by molar-refractivity contribution is 5.15. The van der Waals surface area contributed by atoms with Gasteiger partial charge in [0.2, 0.25) is 0 Å². The number of rotatable bonds is 2. The van der Waals surface area contributed by atoms with E-state index in [-0.39, 0.29) is 0 Å². The summed E-state index contributed by atoms with van der Waals surface area (Å²) in [6, 6.07) is 12.3. The molecule has 1 aromatic rings. The van der Waals surface area contributed by atoms with Crippen LogP contribution < -0.4 is 5.32 Å². The number of nitrogens with zero attached hydrogens (tertiary/aromatic N) is 1. The Morgan fingerprint density at radius 1 is 1.29 bits per heavy atom. The molecule has 2 saturated heterocycles. The third-order valence-electron chi connectivity index (χ3n) is 3.40. The summed E-state index contributed by atoms with van der Waals surface area (Å²) in [6.45, 7) is 3.56. The molecule has 2 heterocycles. The van der Waals surface area contributed by atoms with Crippen molar-refractivity contribution in [2.24, 2.45) is 0 Å². The van der Waals surface area contributed by atoms with Gasteiger partial charge in [0.15, 0.2) is 0 Å². The maximum atomic E-state index is 3.53. The van der Waals surface area contributed by atoms with E-state index >= 15 is 0 Å². The van der Waals surface area contributed by atoms with E-state index < -0.39 is 0 Å². The van der Waals surface area contributed by atoms with Gasteiger partial charge in [-0.2, -0.15) is 0 Å². The van der Waals surface area contributed by atoms with Gasteiger partial charge in [-0.05, 0) is 12.0 Å². The van der Waals surface area contributed by atoms with Crippen molar-refractivity contribution in [2.75, 3.05) is 13.1 Å². The highest BCUT2D eigenvalue weighted by Gasteiger charge is 2.36. The van der Waals surface area contributed by atoms with E-state index in [2.05, 4.69) is 40.5 Å². The lowest BCUT2D eigenvalue weighted by atomic mass is 10.2. The summed E-state index contributed by atoms with van der Waals surface area (Å²) in [5, 5.41) is 3.53. The highest BCUT2D eigenvalue weighted by Crippen LogP contribution is 2.24. The minimum Gasteiger partial charge on any atom is -0.311 e. The largest absolute Gasteiger partial charge is 0.311 e. The number of hydrogen-bond donors (Lipinski definition) is 1. The highest BCUT2D eigenvalue weighted by atomic mass is 15.3. The molecule has 14 heavy (non-hydrogen) atoms. The van der Waals surface area contributed by atoms with Crippen molar-refractivity contribution in [3.8, 4) is 0 Å². The molecule has 2 heteroatoms. The fourth-order valence-electron chi connectivity index (χ4n) is 2.66. The summed E-state index contributed by atoms with van der Waals surface area (Å²) in [7, 11) is 0. The van der Waals surface area contributed by atoms with Crippen LogP contribution in [0.3, 0.4) is 0 Å². The molecule has 0 aromatic heterocycles. The number of fused-ring (bicyclic) bond motifs is 2. The van der Waals surface area contributed by atoms with Gasteiger partial charge in [-0.25, -0.2) is 0 Å². The molecular formula is C12H16N2. The zero-order valence-electron chi connectivity index (χ0n) is 8.32. The van der Waals surface area contributed by atoms with Crippen molar-refractivity contribution in [2.45, 2.75) is 25.0 Å². The molecule has 2 atom stereocenters. The summed E-state index contributed by atoms with van der Waals surface area (Å²) < 4.78 is 0.